The van der Waals surface area contributed by atoms with Crippen molar-refractivity contribution in [3.63, 3.8) is 0 Å². The highest BCUT2D eigenvalue weighted by Crippen LogP contribution is 2.22. The quantitative estimate of drug-likeness (QED) is 0.336. The van der Waals surface area contributed by atoms with E-state index in [9.17, 15) is 24.3 Å². The van der Waals surface area contributed by atoms with E-state index >= 15 is 0 Å². The number of hydrogen-bond acceptors (Lipinski definition) is 5. The Balaban J connectivity index is 1.53. The van der Waals surface area contributed by atoms with Gasteiger partial charge in [-0.3, -0.25) is 19.2 Å². The molecule has 6 bridgehead atoms. The number of carbonyl (C=O) groups is 4. The number of benzene rings is 3. The van der Waals surface area contributed by atoms with Crippen molar-refractivity contribution < 1.29 is 24.3 Å². The maximum absolute atomic E-state index is 13.3. The van der Waals surface area contributed by atoms with Crippen LogP contribution in [-0.4, -0.2) is 66.7 Å². The van der Waals surface area contributed by atoms with Crippen LogP contribution in [0.1, 0.15) is 83.2 Å². The van der Waals surface area contributed by atoms with E-state index in [0.29, 0.717) is 25.9 Å². The topological polar surface area (TPSA) is 101 Å². The highest BCUT2D eigenvalue weighted by atomic mass is 16.3. The average Bonchev–Trinajstić information content (AvgIpc) is 3.04. The Morgan fingerprint density at radius 3 is 1.24 bits per heavy atom. The van der Waals surface area contributed by atoms with E-state index in [-0.39, 0.29) is 40.5 Å². The first kappa shape index (κ1) is 33.2. The summed E-state index contributed by atoms with van der Waals surface area (Å²) in [4.78, 5) is 58.6. The van der Waals surface area contributed by atoms with Gasteiger partial charge in [0, 0.05) is 76.6 Å². The summed E-state index contributed by atoms with van der Waals surface area (Å²) in [6.45, 7) is 0.624. The number of amides is 4. The minimum atomic E-state index is -0.336. The zero-order valence-electron chi connectivity index (χ0n) is 26.8. The molecule has 9 nitrogen and oxygen atoms in total. The van der Waals surface area contributed by atoms with Gasteiger partial charge in [0.15, 0.2) is 0 Å². The van der Waals surface area contributed by atoms with E-state index in [1.54, 1.807) is 38.0 Å². The number of anilines is 2. The van der Waals surface area contributed by atoms with Gasteiger partial charge in [0.1, 0.15) is 5.75 Å². The van der Waals surface area contributed by atoms with Crippen LogP contribution in [0.3, 0.4) is 0 Å². The fraction of sp³-hybridized carbons (Fsp3) is 0.389. The second kappa shape index (κ2) is 15.4. The third kappa shape index (κ3) is 8.94. The van der Waals surface area contributed by atoms with Crippen LogP contribution in [0.4, 0.5) is 11.4 Å². The lowest BCUT2D eigenvalue weighted by molar-refractivity contribution is -0.119. The second-order valence-corrected chi connectivity index (χ2v) is 12.0. The molecule has 0 aromatic heterocycles. The third-order valence-corrected chi connectivity index (χ3v) is 8.37. The molecule has 0 radical (unpaired) electrons. The molecule has 7 rings (SSSR count). The Morgan fingerprint density at radius 2 is 0.867 bits per heavy atom. The summed E-state index contributed by atoms with van der Waals surface area (Å²) in [5.74, 6) is -0.731. The molecule has 4 aliphatic rings. The summed E-state index contributed by atoms with van der Waals surface area (Å²) >= 11 is 0. The van der Waals surface area contributed by atoms with Crippen molar-refractivity contribution in [3.05, 3.63) is 89.0 Å². The van der Waals surface area contributed by atoms with Gasteiger partial charge in [0.25, 0.3) is 11.8 Å². The lowest BCUT2D eigenvalue weighted by Crippen LogP contribution is -2.28. The van der Waals surface area contributed by atoms with Crippen molar-refractivity contribution >= 4 is 35.0 Å². The van der Waals surface area contributed by atoms with Crippen molar-refractivity contribution in [1.29, 1.82) is 0 Å². The maximum Gasteiger partial charge on any atom is 0.254 e. The number of nitrogens with zero attached hydrogens (tertiary/aromatic N) is 4. The molecular formula is C36H44N4O5. The SMILES string of the molecule is CN1Cc2ccc(cc2)N(C)C(=O)CCCCCCCCC(=O)N(C)c2ccc(cc2)CN(C)C(=O)c2cc(O)cc(c2)C1=O. The molecule has 0 spiro atoms. The van der Waals surface area contributed by atoms with Crippen LogP contribution in [-0.2, 0) is 22.7 Å². The van der Waals surface area contributed by atoms with Crippen LogP contribution < -0.4 is 9.80 Å². The Hall–Kier alpha value is -4.66. The molecule has 0 aliphatic carbocycles. The van der Waals surface area contributed by atoms with Gasteiger partial charge < -0.3 is 24.7 Å². The first-order valence-electron chi connectivity index (χ1n) is 15.6. The van der Waals surface area contributed by atoms with Crippen LogP contribution in [0.25, 0.3) is 0 Å². The van der Waals surface area contributed by atoms with Gasteiger partial charge in [0.05, 0.1) is 0 Å². The van der Waals surface area contributed by atoms with E-state index in [0.717, 1.165) is 61.0 Å². The molecule has 4 amide bonds. The van der Waals surface area contributed by atoms with Gasteiger partial charge in [-0.25, -0.2) is 0 Å². The molecule has 1 N–H and O–H groups in total. The Morgan fingerprint density at radius 1 is 0.511 bits per heavy atom. The molecule has 0 unspecified atom stereocenters. The minimum Gasteiger partial charge on any atom is -0.508 e. The predicted molar refractivity (Wildman–Crippen MR) is 176 cm³/mol. The third-order valence-electron chi connectivity index (χ3n) is 8.37. The van der Waals surface area contributed by atoms with Crippen LogP contribution >= 0.6 is 0 Å². The molecule has 238 valence electrons. The molecule has 9 heteroatoms. The van der Waals surface area contributed by atoms with Crippen LogP contribution in [0.5, 0.6) is 5.75 Å². The second-order valence-electron chi connectivity index (χ2n) is 12.0. The predicted octanol–water partition coefficient (Wildman–Crippen LogP) is 6.00. The van der Waals surface area contributed by atoms with Crippen molar-refractivity contribution in [2.45, 2.75) is 64.5 Å². The zero-order valence-corrected chi connectivity index (χ0v) is 26.8. The number of phenolic OH excluding ortho intramolecular Hbond substituents is 1. The largest absolute Gasteiger partial charge is 0.508 e. The van der Waals surface area contributed by atoms with Crippen molar-refractivity contribution in [2.24, 2.45) is 0 Å². The molecule has 4 aliphatic heterocycles. The van der Waals surface area contributed by atoms with E-state index < -0.39 is 0 Å². The Bertz CT molecular complexity index is 1390. The molecular weight excluding hydrogens is 568 g/mol. The monoisotopic (exact) mass is 612 g/mol. The van der Waals surface area contributed by atoms with Gasteiger partial charge >= 0.3 is 0 Å². The highest BCUT2D eigenvalue weighted by molar-refractivity contribution is 6.00. The maximum atomic E-state index is 13.3. The summed E-state index contributed by atoms with van der Waals surface area (Å²) in [6, 6.07) is 19.3. The smallest absolute Gasteiger partial charge is 0.254 e. The summed E-state index contributed by atoms with van der Waals surface area (Å²) in [5, 5.41) is 10.4. The molecule has 0 saturated heterocycles. The summed E-state index contributed by atoms with van der Waals surface area (Å²) in [7, 11) is 6.88. The number of phenols is 1. The van der Waals surface area contributed by atoms with E-state index in [1.165, 1.54) is 28.0 Å². The van der Waals surface area contributed by atoms with Gasteiger partial charge in [-0.05, 0) is 66.4 Å². The first-order chi connectivity index (χ1) is 21.5. The number of carbonyl (C=O) groups excluding carboxylic acids is 4. The van der Waals surface area contributed by atoms with E-state index in [2.05, 4.69) is 0 Å². The summed E-state index contributed by atoms with van der Waals surface area (Å²) < 4.78 is 0. The lowest BCUT2D eigenvalue weighted by atomic mass is 10.1. The summed E-state index contributed by atoms with van der Waals surface area (Å²) in [5.41, 5.74) is 3.75. The summed E-state index contributed by atoms with van der Waals surface area (Å²) in [6.07, 6.45) is 6.60. The average molecular weight is 613 g/mol. The molecule has 3 aromatic carbocycles. The van der Waals surface area contributed by atoms with Gasteiger partial charge in [0.2, 0.25) is 11.8 Å². The first-order valence-corrected chi connectivity index (χ1v) is 15.6. The fourth-order valence-electron chi connectivity index (χ4n) is 5.52. The van der Waals surface area contributed by atoms with Crippen molar-refractivity contribution in [2.75, 3.05) is 38.0 Å². The molecule has 0 saturated carbocycles. The van der Waals surface area contributed by atoms with Gasteiger partial charge in [-0.1, -0.05) is 49.9 Å². The van der Waals surface area contributed by atoms with Crippen LogP contribution in [0.15, 0.2) is 66.7 Å². The molecule has 45 heavy (non-hydrogen) atoms. The standard InChI is InChI=1S/C36H44N4O5/c1-37-24-26-13-17-30(18-14-26)39(3)33(42)11-9-7-5-6-8-10-12-34(43)40(4)31-19-15-27(16-20-31)25-38(2)36(45)29-21-28(35(37)44)22-32(41)23-29/h13-23,41H,5-12,24-25H2,1-4H3. The molecule has 0 atom stereocenters. The van der Waals surface area contributed by atoms with Gasteiger partial charge in [-0.15, -0.1) is 0 Å². The molecule has 3 aromatic rings. The van der Waals surface area contributed by atoms with E-state index in [4.69, 9.17) is 0 Å². The Labute approximate surface area is 266 Å². The number of hydrogen-bond donors (Lipinski definition) is 1. The molecule has 0 fully saturated rings. The number of aromatic hydroxyl groups is 1. The van der Waals surface area contributed by atoms with Crippen LogP contribution in [0, 0.1) is 0 Å². The Kier molecular flexibility index (Phi) is 11.4. The fourth-order valence-corrected chi connectivity index (χ4v) is 5.52. The van der Waals surface area contributed by atoms with Crippen molar-refractivity contribution in [3.8, 4) is 5.75 Å². The normalized spacial score (nSPS) is 17.0. The van der Waals surface area contributed by atoms with Crippen LogP contribution in [0.2, 0.25) is 0 Å². The zero-order chi connectivity index (χ0) is 32.5. The number of rotatable bonds is 0. The lowest BCUT2D eigenvalue weighted by Gasteiger charge is -2.21. The van der Waals surface area contributed by atoms with Crippen molar-refractivity contribution in [1.82, 2.24) is 9.80 Å². The van der Waals surface area contributed by atoms with Gasteiger partial charge in [-0.2, -0.15) is 0 Å². The highest BCUT2D eigenvalue weighted by Gasteiger charge is 2.20. The minimum absolute atomic E-state index is 0.0561. The molecule has 4 heterocycles. The van der Waals surface area contributed by atoms with E-state index in [1.807, 2.05) is 48.5 Å².